The second-order valence-corrected chi connectivity index (χ2v) is 8.11. The summed E-state index contributed by atoms with van der Waals surface area (Å²) >= 11 is 0. The van der Waals surface area contributed by atoms with Gasteiger partial charge in [-0.1, -0.05) is 61.7 Å². The second-order valence-electron chi connectivity index (χ2n) is 8.11. The third-order valence-corrected chi connectivity index (χ3v) is 6.42. The molecular weight excluding hydrogens is 332 g/mol. The van der Waals surface area contributed by atoms with Crippen LogP contribution in [-0.4, -0.2) is 22.4 Å². The van der Waals surface area contributed by atoms with Gasteiger partial charge in [-0.2, -0.15) is 0 Å². The Morgan fingerprint density at radius 1 is 0.889 bits per heavy atom. The number of para-hydroxylation sites is 1. The van der Waals surface area contributed by atoms with Crippen molar-refractivity contribution in [3.8, 4) is 11.3 Å². The average molecular weight is 358 g/mol. The molecule has 1 aliphatic heterocycles. The molecule has 0 N–H and O–H groups in total. The normalized spacial score (nSPS) is 18.1. The molecule has 0 radical (unpaired) electrons. The molecule has 0 spiro atoms. The summed E-state index contributed by atoms with van der Waals surface area (Å²) in [7, 11) is 1.91. The van der Waals surface area contributed by atoms with Crippen LogP contribution in [0.4, 0.5) is 0 Å². The van der Waals surface area contributed by atoms with Crippen molar-refractivity contribution in [2.45, 2.75) is 51.1 Å². The lowest BCUT2D eigenvalue weighted by atomic mass is 9.81. The van der Waals surface area contributed by atoms with Crippen molar-refractivity contribution in [3.05, 3.63) is 59.7 Å². The van der Waals surface area contributed by atoms with Crippen LogP contribution in [0.5, 0.6) is 0 Å². The summed E-state index contributed by atoms with van der Waals surface area (Å²) in [5.74, 6) is 0.780. The fourth-order valence-corrected chi connectivity index (χ4v) is 5.08. The number of likely N-dealkylation sites (N-methyl/N-ethyl adjacent to an activating group) is 1. The van der Waals surface area contributed by atoms with Gasteiger partial charge in [-0.05, 0) is 36.0 Å². The summed E-state index contributed by atoms with van der Waals surface area (Å²) in [6.07, 6.45) is 6.50. The molecule has 3 aromatic rings. The predicted octanol–water partition coefficient (Wildman–Crippen LogP) is 5.33. The molecule has 2 aromatic carbocycles. The molecule has 138 valence electrons. The zero-order valence-corrected chi connectivity index (χ0v) is 15.9. The summed E-state index contributed by atoms with van der Waals surface area (Å²) < 4.78 is 2.29. The molecule has 0 unspecified atom stereocenters. The Balaban J connectivity index is 1.85. The number of hydrogen-bond acceptors (Lipinski definition) is 1. The van der Waals surface area contributed by atoms with E-state index in [1.54, 1.807) is 0 Å². The Kier molecular flexibility index (Phi) is 4.04. The van der Waals surface area contributed by atoms with Crippen molar-refractivity contribution in [2.24, 2.45) is 0 Å². The Morgan fingerprint density at radius 2 is 1.63 bits per heavy atom. The first-order valence-electron chi connectivity index (χ1n) is 10.2. The SMILES string of the molecule is CN1Cc2ccccc2-c2c(C3CCCCC3)c3ccccc3n2CC1=O. The van der Waals surface area contributed by atoms with Crippen LogP contribution in [0.1, 0.15) is 49.1 Å². The van der Waals surface area contributed by atoms with Crippen LogP contribution in [0.25, 0.3) is 22.2 Å². The minimum absolute atomic E-state index is 0.182. The van der Waals surface area contributed by atoms with E-state index >= 15 is 0 Å². The van der Waals surface area contributed by atoms with Gasteiger partial charge in [0.15, 0.2) is 0 Å². The Bertz CT molecular complexity index is 1010. The first-order valence-corrected chi connectivity index (χ1v) is 10.2. The maximum Gasteiger partial charge on any atom is 0.242 e. The lowest BCUT2D eigenvalue weighted by molar-refractivity contribution is -0.131. The number of hydrogen-bond donors (Lipinski definition) is 0. The van der Waals surface area contributed by atoms with Crippen LogP contribution in [0, 0.1) is 0 Å². The summed E-state index contributed by atoms with van der Waals surface area (Å²) in [6, 6.07) is 17.3. The molecular formula is C24H26N2O. The third-order valence-electron chi connectivity index (χ3n) is 6.42. The number of aromatic nitrogens is 1. The summed E-state index contributed by atoms with van der Waals surface area (Å²) in [5, 5.41) is 1.34. The van der Waals surface area contributed by atoms with E-state index in [0.29, 0.717) is 19.0 Å². The molecule has 0 bridgehead atoms. The van der Waals surface area contributed by atoms with Gasteiger partial charge in [0.2, 0.25) is 5.91 Å². The molecule has 5 rings (SSSR count). The van der Waals surface area contributed by atoms with E-state index < -0.39 is 0 Å². The molecule has 0 saturated heterocycles. The van der Waals surface area contributed by atoms with Crippen molar-refractivity contribution >= 4 is 16.8 Å². The van der Waals surface area contributed by atoms with E-state index in [-0.39, 0.29) is 5.91 Å². The first-order chi connectivity index (χ1) is 13.2. The van der Waals surface area contributed by atoms with E-state index in [1.165, 1.54) is 65.4 Å². The predicted molar refractivity (Wildman–Crippen MR) is 110 cm³/mol. The maximum atomic E-state index is 12.9. The van der Waals surface area contributed by atoms with Crippen molar-refractivity contribution in [1.29, 1.82) is 0 Å². The topological polar surface area (TPSA) is 25.2 Å². The number of benzene rings is 2. The number of carbonyl (C=O) groups excluding carboxylic acids is 1. The van der Waals surface area contributed by atoms with Gasteiger partial charge in [0.1, 0.15) is 6.54 Å². The van der Waals surface area contributed by atoms with E-state index in [1.807, 2.05) is 11.9 Å². The molecule has 1 fully saturated rings. The summed E-state index contributed by atoms with van der Waals surface area (Å²) in [5.41, 5.74) is 6.52. The lowest BCUT2D eigenvalue weighted by Gasteiger charge is -2.27. The zero-order chi connectivity index (χ0) is 18.4. The molecule has 1 aromatic heterocycles. The Morgan fingerprint density at radius 3 is 2.48 bits per heavy atom. The highest BCUT2D eigenvalue weighted by Gasteiger charge is 2.29. The van der Waals surface area contributed by atoms with Crippen LogP contribution < -0.4 is 0 Å². The number of nitrogens with zero attached hydrogens (tertiary/aromatic N) is 2. The van der Waals surface area contributed by atoms with Crippen molar-refractivity contribution in [1.82, 2.24) is 9.47 Å². The van der Waals surface area contributed by atoms with E-state index in [4.69, 9.17) is 0 Å². The van der Waals surface area contributed by atoms with E-state index in [0.717, 1.165) is 0 Å². The average Bonchev–Trinajstić information content (AvgIpc) is 3.02. The fraction of sp³-hybridized carbons (Fsp3) is 0.375. The van der Waals surface area contributed by atoms with E-state index in [2.05, 4.69) is 53.1 Å². The molecule has 3 nitrogen and oxygen atoms in total. The van der Waals surface area contributed by atoms with Gasteiger partial charge < -0.3 is 9.47 Å². The van der Waals surface area contributed by atoms with Gasteiger partial charge in [-0.3, -0.25) is 4.79 Å². The maximum absolute atomic E-state index is 12.9. The van der Waals surface area contributed by atoms with Crippen molar-refractivity contribution in [2.75, 3.05) is 7.05 Å². The van der Waals surface area contributed by atoms with Crippen LogP contribution in [0.3, 0.4) is 0 Å². The number of carbonyl (C=O) groups is 1. The first kappa shape index (κ1) is 16.6. The minimum Gasteiger partial charge on any atom is -0.340 e. The molecule has 0 atom stereocenters. The fourth-order valence-electron chi connectivity index (χ4n) is 5.08. The zero-order valence-electron chi connectivity index (χ0n) is 15.9. The molecule has 2 aliphatic rings. The van der Waals surface area contributed by atoms with Crippen molar-refractivity contribution in [3.63, 3.8) is 0 Å². The summed E-state index contributed by atoms with van der Waals surface area (Å²) in [6.45, 7) is 1.11. The van der Waals surface area contributed by atoms with Crippen LogP contribution >= 0.6 is 0 Å². The van der Waals surface area contributed by atoms with E-state index in [9.17, 15) is 4.79 Å². The van der Waals surface area contributed by atoms with Gasteiger partial charge >= 0.3 is 0 Å². The highest BCUT2D eigenvalue weighted by Crippen LogP contribution is 2.45. The second kappa shape index (κ2) is 6.56. The summed E-state index contributed by atoms with van der Waals surface area (Å²) in [4.78, 5) is 14.7. The smallest absolute Gasteiger partial charge is 0.242 e. The Labute approximate surface area is 160 Å². The van der Waals surface area contributed by atoms with Gasteiger partial charge in [0.05, 0.1) is 5.69 Å². The third kappa shape index (κ3) is 2.68. The van der Waals surface area contributed by atoms with Gasteiger partial charge in [-0.25, -0.2) is 0 Å². The molecule has 27 heavy (non-hydrogen) atoms. The standard InChI is InChI=1S/C24H26N2O/c1-25-15-18-11-5-6-12-19(18)24-23(17-9-3-2-4-10-17)20-13-7-8-14-21(20)26(24)16-22(25)27/h5-8,11-14,17H,2-4,9-10,15-16H2,1H3. The van der Waals surface area contributed by atoms with Gasteiger partial charge in [0, 0.05) is 30.1 Å². The largest absolute Gasteiger partial charge is 0.340 e. The molecule has 1 aliphatic carbocycles. The molecule has 1 saturated carbocycles. The highest BCUT2D eigenvalue weighted by atomic mass is 16.2. The molecule has 2 heterocycles. The quantitative estimate of drug-likeness (QED) is 0.577. The van der Waals surface area contributed by atoms with Crippen LogP contribution in [0.15, 0.2) is 48.5 Å². The highest BCUT2D eigenvalue weighted by molar-refractivity contribution is 5.95. The van der Waals surface area contributed by atoms with Crippen LogP contribution in [-0.2, 0) is 17.9 Å². The van der Waals surface area contributed by atoms with Crippen LogP contribution in [0.2, 0.25) is 0 Å². The van der Waals surface area contributed by atoms with Gasteiger partial charge in [0.25, 0.3) is 0 Å². The van der Waals surface area contributed by atoms with Gasteiger partial charge in [-0.15, -0.1) is 0 Å². The monoisotopic (exact) mass is 358 g/mol. The number of amides is 1. The lowest BCUT2D eigenvalue weighted by Crippen LogP contribution is -2.31. The Hall–Kier alpha value is -2.55. The number of rotatable bonds is 1. The molecule has 1 amide bonds. The van der Waals surface area contributed by atoms with Crippen molar-refractivity contribution < 1.29 is 4.79 Å². The molecule has 3 heteroatoms. The number of fused-ring (bicyclic) bond motifs is 5. The minimum atomic E-state index is 0.182.